The lowest BCUT2D eigenvalue weighted by molar-refractivity contribution is 0.0526. The molecule has 3 nitrogen and oxygen atoms in total. The first kappa shape index (κ1) is 11.5. The van der Waals surface area contributed by atoms with Gasteiger partial charge in [0.2, 0.25) is 0 Å². The van der Waals surface area contributed by atoms with E-state index in [4.69, 9.17) is 16.9 Å². The second kappa shape index (κ2) is 4.76. The van der Waals surface area contributed by atoms with Gasteiger partial charge in [0.25, 0.3) is 0 Å². The predicted octanol–water partition coefficient (Wildman–Crippen LogP) is 2.53. The summed E-state index contributed by atoms with van der Waals surface area (Å²) in [4.78, 5) is 11.3. The first-order valence-electron chi connectivity index (χ1n) is 4.16. The van der Waals surface area contributed by atoms with Gasteiger partial charge in [-0.15, -0.1) is 0 Å². The van der Waals surface area contributed by atoms with Crippen LogP contribution in [0.4, 0.5) is 4.39 Å². The van der Waals surface area contributed by atoms with Crippen LogP contribution in [0.5, 0.6) is 0 Å². The van der Waals surface area contributed by atoms with E-state index in [2.05, 4.69) is 4.74 Å². The van der Waals surface area contributed by atoms with Gasteiger partial charge >= 0.3 is 5.97 Å². The summed E-state index contributed by atoms with van der Waals surface area (Å²) in [5, 5.41) is 8.54. The van der Waals surface area contributed by atoms with Gasteiger partial charge < -0.3 is 4.74 Å². The van der Waals surface area contributed by atoms with Gasteiger partial charge in [0, 0.05) is 0 Å². The predicted molar refractivity (Wildman–Crippen MR) is 52.1 cm³/mol. The monoisotopic (exact) mass is 227 g/mol. The normalized spacial score (nSPS) is 9.47. The number of benzene rings is 1. The molecule has 0 saturated carbocycles. The lowest BCUT2D eigenvalue weighted by Gasteiger charge is -2.05. The highest BCUT2D eigenvalue weighted by Gasteiger charge is 2.16. The molecule has 0 saturated heterocycles. The van der Waals surface area contributed by atoms with Gasteiger partial charge in [-0.05, 0) is 19.1 Å². The summed E-state index contributed by atoms with van der Waals surface area (Å²) in [5.74, 6) is -1.43. The Hall–Kier alpha value is -1.60. The Bertz CT molecular complexity index is 440. The van der Waals surface area contributed by atoms with Crippen molar-refractivity contribution in [3.63, 3.8) is 0 Å². The quantitative estimate of drug-likeness (QED) is 0.730. The fourth-order valence-corrected chi connectivity index (χ4v) is 1.26. The molecule has 0 heterocycles. The zero-order chi connectivity index (χ0) is 11.4. The Morgan fingerprint density at radius 3 is 2.87 bits per heavy atom. The second-order valence-corrected chi connectivity index (χ2v) is 3.03. The van der Waals surface area contributed by atoms with Crippen molar-refractivity contribution < 1.29 is 13.9 Å². The topological polar surface area (TPSA) is 50.1 Å². The van der Waals surface area contributed by atoms with Crippen LogP contribution in [0.1, 0.15) is 22.8 Å². The van der Waals surface area contributed by atoms with Crippen molar-refractivity contribution >= 4 is 17.6 Å². The lowest BCUT2D eigenvalue weighted by atomic mass is 10.1. The molecule has 0 aromatic heterocycles. The number of nitrogens with zero attached hydrogens (tertiary/aromatic N) is 1. The standard InChI is InChI=1S/C10H7ClFNO2/c1-2-15-10(14)8-4-7(12)3-6(5-13)9(8)11/h3-4H,2H2,1H3. The third-order valence-electron chi connectivity index (χ3n) is 1.65. The fourth-order valence-electron chi connectivity index (χ4n) is 1.03. The zero-order valence-corrected chi connectivity index (χ0v) is 8.64. The molecule has 0 atom stereocenters. The van der Waals surface area contributed by atoms with E-state index < -0.39 is 11.8 Å². The molecule has 15 heavy (non-hydrogen) atoms. The third kappa shape index (κ3) is 2.45. The number of carbonyl (C=O) groups is 1. The number of hydrogen-bond acceptors (Lipinski definition) is 3. The van der Waals surface area contributed by atoms with Crippen LogP contribution in [0.15, 0.2) is 12.1 Å². The fraction of sp³-hybridized carbons (Fsp3) is 0.200. The number of halogens is 2. The molecule has 0 N–H and O–H groups in total. The van der Waals surface area contributed by atoms with Crippen molar-refractivity contribution in [2.75, 3.05) is 6.61 Å². The van der Waals surface area contributed by atoms with Crippen LogP contribution >= 0.6 is 11.6 Å². The molecule has 0 aliphatic rings. The summed E-state index contributed by atoms with van der Waals surface area (Å²) in [5.41, 5.74) is -0.213. The number of nitriles is 1. The summed E-state index contributed by atoms with van der Waals surface area (Å²) < 4.78 is 17.6. The molecular formula is C10H7ClFNO2. The van der Waals surface area contributed by atoms with Crippen LogP contribution in [-0.4, -0.2) is 12.6 Å². The van der Waals surface area contributed by atoms with E-state index in [1.807, 2.05) is 0 Å². The maximum Gasteiger partial charge on any atom is 0.339 e. The summed E-state index contributed by atoms with van der Waals surface area (Å²) in [6.07, 6.45) is 0. The molecule has 0 spiro atoms. The summed E-state index contributed by atoms with van der Waals surface area (Å²) >= 11 is 5.72. The van der Waals surface area contributed by atoms with E-state index >= 15 is 0 Å². The Morgan fingerprint density at radius 1 is 1.67 bits per heavy atom. The highest BCUT2D eigenvalue weighted by atomic mass is 35.5. The van der Waals surface area contributed by atoms with Crippen LogP contribution in [0.25, 0.3) is 0 Å². The summed E-state index contributed by atoms with van der Waals surface area (Å²) in [6.45, 7) is 1.78. The minimum Gasteiger partial charge on any atom is -0.462 e. The van der Waals surface area contributed by atoms with Gasteiger partial charge in [-0.3, -0.25) is 0 Å². The van der Waals surface area contributed by atoms with Gasteiger partial charge in [0.05, 0.1) is 22.8 Å². The number of ether oxygens (including phenoxy) is 1. The third-order valence-corrected chi connectivity index (χ3v) is 2.06. The number of esters is 1. The highest BCUT2D eigenvalue weighted by Crippen LogP contribution is 2.23. The van der Waals surface area contributed by atoms with Crippen molar-refractivity contribution in [2.45, 2.75) is 6.92 Å². The van der Waals surface area contributed by atoms with Crippen LogP contribution in [0, 0.1) is 17.1 Å². The van der Waals surface area contributed by atoms with E-state index in [0.29, 0.717) is 0 Å². The lowest BCUT2D eigenvalue weighted by Crippen LogP contribution is -2.06. The number of rotatable bonds is 2. The van der Waals surface area contributed by atoms with Gasteiger partial charge in [0.1, 0.15) is 11.9 Å². The average Bonchev–Trinajstić information content (AvgIpc) is 2.21. The Balaban J connectivity index is 3.24. The average molecular weight is 228 g/mol. The molecule has 0 radical (unpaired) electrons. The van der Waals surface area contributed by atoms with Crippen LogP contribution in [0.3, 0.4) is 0 Å². The number of hydrogen-bond donors (Lipinski definition) is 0. The molecule has 0 bridgehead atoms. The van der Waals surface area contributed by atoms with E-state index in [1.165, 1.54) is 0 Å². The van der Waals surface area contributed by atoms with Crippen molar-refractivity contribution in [1.82, 2.24) is 0 Å². The molecule has 0 unspecified atom stereocenters. The van der Waals surface area contributed by atoms with Crippen molar-refractivity contribution in [2.24, 2.45) is 0 Å². The maximum atomic E-state index is 13.0. The highest BCUT2D eigenvalue weighted by molar-refractivity contribution is 6.34. The zero-order valence-electron chi connectivity index (χ0n) is 7.88. The molecular weight excluding hydrogens is 221 g/mol. The van der Waals surface area contributed by atoms with Gasteiger partial charge in [-0.1, -0.05) is 11.6 Å². The van der Waals surface area contributed by atoms with Gasteiger partial charge in [-0.2, -0.15) is 5.26 Å². The first-order valence-corrected chi connectivity index (χ1v) is 4.54. The maximum absolute atomic E-state index is 13.0. The van der Waals surface area contributed by atoms with E-state index in [9.17, 15) is 9.18 Å². The molecule has 1 aromatic rings. The molecule has 0 aliphatic heterocycles. The SMILES string of the molecule is CCOC(=O)c1cc(F)cc(C#N)c1Cl. The van der Waals surface area contributed by atoms with Crippen LogP contribution < -0.4 is 0 Å². The minimum absolute atomic E-state index is 0.0836. The molecule has 1 rings (SSSR count). The first-order chi connectivity index (χ1) is 7.10. The Labute approximate surface area is 91.0 Å². The smallest absolute Gasteiger partial charge is 0.339 e. The van der Waals surface area contributed by atoms with E-state index in [0.717, 1.165) is 12.1 Å². The summed E-state index contributed by atoms with van der Waals surface area (Å²) in [7, 11) is 0. The minimum atomic E-state index is -0.737. The largest absolute Gasteiger partial charge is 0.462 e. The molecule has 0 aliphatic carbocycles. The van der Waals surface area contributed by atoms with Crippen LogP contribution in [-0.2, 0) is 4.74 Å². The second-order valence-electron chi connectivity index (χ2n) is 2.65. The molecule has 5 heteroatoms. The van der Waals surface area contributed by atoms with Crippen molar-refractivity contribution in [1.29, 1.82) is 5.26 Å². The summed E-state index contributed by atoms with van der Waals surface area (Å²) in [6, 6.07) is 3.60. The van der Waals surface area contributed by atoms with Crippen molar-refractivity contribution in [3.8, 4) is 6.07 Å². The molecule has 78 valence electrons. The van der Waals surface area contributed by atoms with Crippen LogP contribution in [0.2, 0.25) is 5.02 Å². The molecule has 1 aromatic carbocycles. The Morgan fingerprint density at radius 2 is 2.33 bits per heavy atom. The van der Waals surface area contributed by atoms with Gasteiger partial charge in [0.15, 0.2) is 0 Å². The number of carbonyl (C=O) groups excluding carboxylic acids is 1. The van der Waals surface area contributed by atoms with Crippen molar-refractivity contribution in [3.05, 3.63) is 34.1 Å². The van der Waals surface area contributed by atoms with E-state index in [1.54, 1.807) is 13.0 Å². The van der Waals surface area contributed by atoms with Gasteiger partial charge in [-0.25, -0.2) is 9.18 Å². The molecule has 0 amide bonds. The molecule has 0 fully saturated rings. The Kier molecular flexibility index (Phi) is 3.64. The van der Waals surface area contributed by atoms with E-state index in [-0.39, 0.29) is 22.8 Å².